The Morgan fingerprint density at radius 3 is 2.52 bits per heavy atom. The fraction of sp³-hybridized carbons (Fsp3) is 0.0476. The van der Waals surface area contributed by atoms with E-state index >= 15 is 0 Å². The van der Waals surface area contributed by atoms with Crippen molar-refractivity contribution in [2.24, 2.45) is 0 Å². The molecule has 0 fully saturated rings. The van der Waals surface area contributed by atoms with Crippen LogP contribution in [0.5, 0.6) is 0 Å². The van der Waals surface area contributed by atoms with Crippen LogP contribution in [0.2, 0.25) is 5.02 Å². The van der Waals surface area contributed by atoms with Crippen molar-refractivity contribution in [3.63, 3.8) is 0 Å². The van der Waals surface area contributed by atoms with E-state index in [4.69, 9.17) is 16.3 Å². The molecule has 0 saturated carbocycles. The summed E-state index contributed by atoms with van der Waals surface area (Å²) in [7, 11) is 0. The Labute approximate surface area is 174 Å². The molecule has 8 heteroatoms. The summed E-state index contributed by atoms with van der Waals surface area (Å²) >= 11 is 6.98. The number of nitrogens with one attached hydrogen (secondary N) is 1. The molecule has 0 spiro atoms. The third-order valence-electron chi connectivity index (χ3n) is 3.73. The van der Waals surface area contributed by atoms with Crippen molar-refractivity contribution in [2.75, 3.05) is 11.9 Å². The van der Waals surface area contributed by atoms with E-state index in [9.17, 15) is 18.4 Å². The monoisotopic (exact) mass is 433 g/mol. The van der Waals surface area contributed by atoms with Gasteiger partial charge < -0.3 is 10.1 Å². The van der Waals surface area contributed by atoms with Gasteiger partial charge in [-0.1, -0.05) is 29.8 Å². The second kappa shape index (κ2) is 9.45. The van der Waals surface area contributed by atoms with Crippen LogP contribution in [0.15, 0.2) is 60.0 Å². The summed E-state index contributed by atoms with van der Waals surface area (Å²) in [6, 6.07) is 12.9. The van der Waals surface area contributed by atoms with E-state index in [1.54, 1.807) is 23.6 Å². The van der Waals surface area contributed by atoms with Crippen LogP contribution in [0.25, 0.3) is 11.6 Å². The molecule has 0 aliphatic heterocycles. The Morgan fingerprint density at radius 1 is 1.10 bits per heavy atom. The number of thiophene rings is 1. The Morgan fingerprint density at radius 2 is 1.86 bits per heavy atom. The molecule has 0 unspecified atom stereocenters. The predicted molar refractivity (Wildman–Crippen MR) is 110 cm³/mol. The van der Waals surface area contributed by atoms with Crippen molar-refractivity contribution in [1.82, 2.24) is 0 Å². The average molecular weight is 434 g/mol. The first kappa shape index (κ1) is 20.7. The number of carbonyl (C=O) groups is 2. The van der Waals surface area contributed by atoms with Gasteiger partial charge in [-0.2, -0.15) is 0 Å². The van der Waals surface area contributed by atoms with E-state index < -0.39 is 30.1 Å². The summed E-state index contributed by atoms with van der Waals surface area (Å²) in [6.45, 7) is -0.604. The fourth-order valence-electron chi connectivity index (χ4n) is 2.37. The van der Waals surface area contributed by atoms with Gasteiger partial charge in [0.05, 0.1) is 11.3 Å². The molecule has 0 bridgehead atoms. The van der Waals surface area contributed by atoms with Crippen molar-refractivity contribution >= 4 is 52.2 Å². The first-order valence-corrected chi connectivity index (χ1v) is 9.61. The molecule has 2 aromatic carbocycles. The van der Waals surface area contributed by atoms with Crippen molar-refractivity contribution in [3.8, 4) is 0 Å². The molecule has 1 amide bonds. The highest BCUT2D eigenvalue weighted by molar-refractivity contribution is 7.11. The van der Waals surface area contributed by atoms with E-state index in [1.165, 1.54) is 47.7 Å². The third-order valence-corrected chi connectivity index (χ3v) is 4.87. The number of carbonyl (C=O) groups excluding carboxylic acids is 2. The van der Waals surface area contributed by atoms with Gasteiger partial charge in [0.25, 0.3) is 5.91 Å². The van der Waals surface area contributed by atoms with Gasteiger partial charge in [0.15, 0.2) is 6.61 Å². The van der Waals surface area contributed by atoms with Gasteiger partial charge in [-0.05, 0) is 53.4 Å². The molecule has 0 aliphatic rings. The maximum atomic E-state index is 13.8. The zero-order valence-electron chi connectivity index (χ0n) is 14.8. The van der Waals surface area contributed by atoms with Crippen LogP contribution in [-0.4, -0.2) is 18.5 Å². The first-order valence-electron chi connectivity index (χ1n) is 8.35. The lowest BCUT2D eigenvalue weighted by Gasteiger charge is -2.09. The SMILES string of the molecule is O=C(COC(=O)/C(=C/c1ccc(F)cc1)c1cccs1)Nc1ccc(Cl)cc1F. The van der Waals surface area contributed by atoms with Crippen LogP contribution in [0.4, 0.5) is 14.5 Å². The minimum absolute atomic E-state index is 0.0733. The number of halogens is 3. The first-order chi connectivity index (χ1) is 13.9. The van der Waals surface area contributed by atoms with E-state index in [0.29, 0.717) is 10.4 Å². The quantitative estimate of drug-likeness (QED) is 0.418. The van der Waals surface area contributed by atoms with E-state index in [1.807, 2.05) is 0 Å². The zero-order chi connectivity index (χ0) is 20.8. The molecule has 0 aliphatic carbocycles. The largest absolute Gasteiger partial charge is 0.452 e. The number of anilines is 1. The molecule has 3 rings (SSSR count). The van der Waals surface area contributed by atoms with Gasteiger partial charge in [-0.15, -0.1) is 11.3 Å². The lowest BCUT2D eigenvalue weighted by molar-refractivity contribution is -0.141. The van der Waals surface area contributed by atoms with Crippen molar-refractivity contribution < 1.29 is 23.1 Å². The lowest BCUT2D eigenvalue weighted by Crippen LogP contribution is -2.21. The molecule has 4 nitrogen and oxygen atoms in total. The second-order valence-electron chi connectivity index (χ2n) is 5.84. The van der Waals surface area contributed by atoms with Crippen LogP contribution >= 0.6 is 22.9 Å². The second-order valence-corrected chi connectivity index (χ2v) is 7.22. The highest BCUT2D eigenvalue weighted by Crippen LogP contribution is 2.24. The van der Waals surface area contributed by atoms with Gasteiger partial charge in [-0.3, -0.25) is 4.79 Å². The van der Waals surface area contributed by atoms with Crippen LogP contribution < -0.4 is 5.32 Å². The number of ether oxygens (including phenoxy) is 1. The molecule has 148 valence electrons. The molecule has 1 aromatic heterocycles. The minimum Gasteiger partial charge on any atom is -0.452 e. The van der Waals surface area contributed by atoms with Crippen molar-refractivity contribution in [1.29, 1.82) is 0 Å². The molecular weight excluding hydrogens is 420 g/mol. The molecular formula is C21H14ClF2NO3S. The van der Waals surface area contributed by atoms with Gasteiger partial charge in [-0.25, -0.2) is 13.6 Å². The summed E-state index contributed by atoms with van der Waals surface area (Å²) in [5, 5.41) is 4.30. The molecule has 1 heterocycles. The average Bonchev–Trinajstić information content (AvgIpc) is 3.22. The summed E-state index contributed by atoms with van der Waals surface area (Å²) in [6.07, 6.45) is 1.55. The number of esters is 1. The number of hydrogen-bond acceptors (Lipinski definition) is 4. The van der Waals surface area contributed by atoms with Gasteiger partial charge in [0.1, 0.15) is 11.6 Å². The number of amides is 1. The highest BCUT2D eigenvalue weighted by Gasteiger charge is 2.17. The maximum absolute atomic E-state index is 13.8. The molecule has 0 radical (unpaired) electrons. The lowest BCUT2D eigenvalue weighted by atomic mass is 10.1. The van der Waals surface area contributed by atoms with E-state index in [2.05, 4.69) is 5.32 Å². The van der Waals surface area contributed by atoms with E-state index in [0.717, 1.165) is 6.07 Å². The molecule has 29 heavy (non-hydrogen) atoms. The Hall–Kier alpha value is -3.03. The number of benzene rings is 2. The minimum atomic E-state index is -0.733. The Balaban J connectivity index is 1.70. The summed E-state index contributed by atoms with van der Waals surface area (Å²) in [4.78, 5) is 25.2. The number of rotatable bonds is 6. The normalized spacial score (nSPS) is 11.2. The van der Waals surface area contributed by atoms with Crippen LogP contribution in [0, 0.1) is 11.6 Å². The van der Waals surface area contributed by atoms with Gasteiger partial charge >= 0.3 is 5.97 Å². The predicted octanol–water partition coefficient (Wildman–Crippen LogP) is 5.40. The summed E-state index contributed by atoms with van der Waals surface area (Å²) < 4.78 is 31.9. The molecule has 1 N–H and O–H groups in total. The standard InChI is InChI=1S/C21H14ClF2NO3S/c22-14-5-8-18(17(24)11-14)25-20(26)12-28-21(27)16(19-2-1-9-29-19)10-13-3-6-15(23)7-4-13/h1-11H,12H2,(H,25,26)/b16-10+. The smallest absolute Gasteiger partial charge is 0.340 e. The summed E-state index contributed by atoms with van der Waals surface area (Å²) in [5.74, 6) is -2.53. The molecule has 3 aromatic rings. The van der Waals surface area contributed by atoms with Crippen LogP contribution in [0.1, 0.15) is 10.4 Å². The van der Waals surface area contributed by atoms with Crippen molar-refractivity contribution in [3.05, 3.63) is 87.1 Å². The molecule has 0 saturated heterocycles. The van der Waals surface area contributed by atoms with Gasteiger partial charge in [0.2, 0.25) is 0 Å². The topological polar surface area (TPSA) is 55.4 Å². The van der Waals surface area contributed by atoms with E-state index in [-0.39, 0.29) is 16.3 Å². The third kappa shape index (κ3) is 5.73. The molecule has 0 atom stereocenters. The number of hydrogen-bond donors (Lipinski definition) is 1. The highest BCUT2D eigenvalue weighted by atomic mass is 35.5. The van der Waals surface area contributed by atoms with Crippen LogP contribution in [0.3, 0.4) is 0 Å². The maximum Gasteiger partial charge on any atom is 0.340 e. The van der Waals surface area contributed by atoms with Gasteiger partial charge in [0, 0.05) is 9.90 Å². The zero-order valence-corrected chi connectivity index (χ0v) is 16.4. The summed E-state index contributed by atoms with van der Waals surface area (Å²) in [5.41, 5.74) is 0.743. The van der Waals surface area contributed by atoms with Crippen LogP contribution in [-0.2, 0) is 14.3 Å². The Kier molecular flexibility index (Phi) is 6.74. The van der Waals surface area contributed by atoms with Crippen molar-refractivity contribution in [2.45, 2.75) is 0 Å². The Bertz CT molecular complexity index is 1050. The fourth-order valence-corrected chi connectivity index (χ4v) is 3.26.